The number of benzene rings is 1. The molecule has 3 nitrogen and oxygen atoms in total. The molecule has 106 valence electrons. The van der Waals surface area contributed by atoms with E-state index in [0.29, 0.717) is 6.54 Å². The number of anilines is 2. The zero-order valence-corrected chi connectivity index (χ0v) is 10.6. The molecule has 1 aromatic carbocycles. The second-order valence-electron chi connectivity index (χ2n) is 4.98. The number of hydrogen-bond acceptors (Lipinski definition) is 3. The maximum Gasteiger partial charge on any atom is 0.418 e. The average Bonchev–Trinajstić information content (AvgIpc) is 2.69. The van der Waals surface area contributed by atoms with Crippen LogP contribution in [-0.4, -0.2) is 24.3 Å². The smallest absolute Gasteiger partial charge is 0.399 e. The molecule has 2 rings (SSSR count). The Bertz CT molecular complexity index is 462. The summed E-state index contributed by atoms with van der Waals surface area (Å²) in [5, 5.41) is 9.37. The quantitative estimate of drug-likeness (QED) is 0.815. The lowest BCUT2D eigenvalue weighted by atomic mass is 10.0. The van der Waals surface area contributed by atoms with Gasteiger partial charge in [0.15, 0.2) is 0 Å². The van der Waals surface area contributed by atoms with Crippen molar-refractivity contribution in [3.05, 3.63) is 23.8 Å². The van der Waals surface area contributed by atoms with Crippen LogP contribution in [0.4, 0.5) is 24.5 Å². The molecular formula is C13H17F3N2O. The van der Waals surface area contributed by atoms with Crippen molar-refractivity contribution in [3.8, 4) is 0 Å². The van der Waals surface area contributed by atoms with Crippen molar-refractivity contribution in [3.63, 3.8) is 0 Å². The van der Waals surface area contributed by atoms with E-state index in [9.17, 15) is 18.3 Å². The van der Waals surface area contributed by atoms with E-state index in [4.69, 9.17) is 5.73 Å². The molecule has 0 amide bonds. The number of nitrogens with two attached hydrogens (primary N) is 1. The molecule has 1 heterocycles. The third kappa shape index (κ3) is 2.63. The van der Waals surface area contributed by atoms with Gasteiger partial charge in [-0.05, 0) is 30.5 Å². The van der Waals surface area contributed by atoms with Crippen molar-refractivity contribution in [2.75, 3.05) is 23.8 Å². The Morgan fingerprint density at radius 2 is 2.11 bits per heavy atom. The van der Waals surface area contributed by atoms with E-state index in [1.54, 1.807) is 4.90 Å². The van der Waals surface area contributed by atoms with Crippen LogP contribution < -0.4 is 10.6 Å². The normalized spacial score (nSPS) is 23.9. The summed E-state index contributed by atoms with van der Waals surface area (Å²) in [6, 6.07) is 3.53. The summed E-state index contributed by atoms with van der Waals surface area (Å²) >= 11 is 0. The number of aliphatic hydroxyl groups excluding tert-OH is 1. The minimum Gasteiger partial charge on any atom is -0.399 e. The van der Waals surface area contributed by atoms with Crippen molar-refractivity contribution in [2.24, 2.45) is 5.92 Å². The fourth-order valence-corrected chi connectivity index (χ4v) is 2.62. The number of nitrogen functional groups attached to an aromatic ring is 1. The fraction of sp³-hybridized carbons (Fsp3) is 0.538. The molecule has 0 spiro atoms. The molecule has 2 unspecified atom stereocenters. The van der Waals surface area contributed by atoms with Crippen LogP contribution in [0.2, 0.25) is 0 Å². The standard InChI is InChI=1S/C13H17F3N2O/c1-8-4-5-18(12(8)7-19)11-3-2-9(17)6-10(11)13(14,15)16/h2-3,6,8,12,19H,4-5,7,17H2,1H3. The number of aliphatic hydroxyl groups is 1. The first kappa shape index (κ1) is 14.0. The van der Waals surface area contributed by atoms with E-state index < -0.39 is 11.7 Å². The Hall–Kier alpha value is -1.43. The van der Waals surface area contributed by atoms with Gasteiger partial charge in [0, 0.05) is 17.9 Å². The van der Waals surface area contributed by atoms with Gasteiger partial charge in [-0.3, -0.25) is 0 Å². The molecule has 2 atom stereocenters. The third-order valence-electron chi connectivity index (χ3n) is 3.71. The topological polar surface area (TPSA) is 49.5 Å². The Morgan fingerprint density at radius 1 is 1.42 bits per heavy atom. The van der Waals surface area contributed by atoms with E-state index in [1.165, 1.54) is 12.1 Å². The highest BCUT2D eigenvalue weighted by Gasteiger charge is 2.39. The Balaban J connectivity index is 2.45. The van der Waals surface area contributed by atoms with Crippen molar-refractivity contribution in [1.29, 1.82) is 0 Å². The lowest BCUT2D eigenvalue weighted by Gasteiger charge is -2.30. The molecule has 1 aliphatic rings. The predicted octanol–water partition coefficient (Wildman–Crippen LogP) is 2.49. The van der Waals surface area contributed by atoms with Crippen LogP contribution in [0.5, 0.6) is 0 Å². The van der Waals surface area contributed by atoms with Crippen LogP contribution in [0, 0.1) is 5.92 Å². The maximum absolute atomic E-state index is 13.1. The molecule has 1 aliphatic heterocycles. The summed E-state index contributed by atoms with van der Waals surface area (Å²) in [5.41, 5.74) is 4.90. The number of hydrogen-bond donors (Lipinski definition) is 2. The summed E-state index contributed by atoms with van der Waals surface area (Å²) in [5.74, 6) is 0.170. The fourth-order valence-electron chi connectivity index (χ4n) is 2.62. The molecule has 1 saturated heterocycles. The van der Waals surface area contributed by atoms with Crippen molar-refractivity contribution in [2.45, 2.75) is 25.6 Å². The van der Waals surface area contributed by atoms with Crippen LogP contribution in [0.25, 0.3) is 0 Å². The molecular weight excluding hydrogens is 257 g/mol. The van der Waals surface area contributed by atoms with Gasteiger partial charge in [-0.1, -0.05) is 6.92 Å². The highest BCUT2D eigenvalue weighted by molar-refractivity contribution is 5.62. The van der Waals surface area contributed by atoms with Gasteiger partial charge in [0.2, 0.25) is 0 Å². The van der Waals surface area contributed by atoms with Gasteiger partial charge in [-0.25, -0.2) is 0 Å². The molecule has 0 saturated carbocycles. The van der Waals surface area contributed by atoms with Crippen LogP contribution in [-0.2, 0) is 6.18 Å². The molecule has 0 aromatic heterocycles. The van der Waals surface area contributed by atoms with Crippen LogP contribution in [0.1, 0.15) is 18.9 Å². The van der Waals surface area contributed by atoms with E-state index in [-0.39, 0.29) is 29.9 Å². The average molecular weight is 274 g/mol. The van der Waals surface area contributed by atoms with Gasteiger partial charge in [0.1, 0.15) is 0 Å². The van der Waals surface area contributed by atoms with E-state index in [1.807, 2.05) is 6.92 Å². The van der Waals surface area contributed by atoms with Crippen LogP contribution in [0.3, 0.4) is 0 Å². The summed E-state index contributed by atoms with van der Waals surface area (Å²) in [6.45, 7) is 2.30. The van der Waals surface area contributed by atoms with E-state index in [2.05, 4.69) is 0 Å². The lowest BCUT2D eigenvalue weighted by Crippen LogP contribution is -2.36. The zero-order chi connectivity index (χ0) is 14.2. The number of alkyl halides is 3. The second kappa shape index (κ2) is 4.92. The summed E-state index contributed by atoms with van der Waals surface area (Å²) in [6.07, 6.45) is -3.68. The maximum atomic E-state index is 13.1. The van der Waals surface area contributed by atoms with Crippen LogP contribution in [0.15, 0.2) is 18.2 Å². The first-order chi connectivity index (χ1) is 8.84. The Labute approximate surface area is 109 Å². The lowest BCUT2D eigenvalue weighted by molar-refractivity contribution is -0.137. The van der Waals surface area contributed by atoms with E-state index >= 15 is 0 Å². The number of nitrogens with zero attached hydrogens (tertiary/aromatic N) is 1. The Morgan fingerprint density at radius 3 is 2.68 bits per heavy atom. The molecule has 1 fully saturated rings. The molecule has 0 radical (unpaired) electrons. The van der Waals surface area contributed by atoms with Gasteiger partial charge in [0.25, 0.3) is 0 Å². The van der Waals surface area contributed by atoms with Crippen molar-refractivity contribution < 1.29 is 18.3 Å². The van der Waals surface area contributed by atoms with Crippen molar-refractivity contribution in [1.82, 2.24) is 0 Å². The Kier molecular flexibility index (Phi) is 3.62. The third-order valence-corrected chi connectivity index (χ3v) is 3.71. The van der Waals surface area contributed by atoms with Gasteiger partial charge in [-0.15, -0.1) is 0 Å². The molecule has 19 heavy (non-hydrogen) atoms. The predicted molar refractivity (Wildman–Crippen MR) is 67.9 cm³/mol. The molecule has 3 N–H and O–H groups in total. The van der Waals surface area contributed by atoms with Gasteiger partial charge in [0.05, 0.1) is 18.2 Å². The zero-order valence-electron chi connectivity index (χ0n) is 10.6. The van der Waals surface area contributed by atoms with Gasteiger partial charge >= 0.3 is 6.18 Å². The largest absolute Gasteiger partial charge is 0.418 e. The minimum absolute atomic E-state index is 0.0869. The molecule has 6 heteroatoms. The molecule has 0 bridgehead atoms. The molecule has 0 aliphatic carbocycles. The minimum atomic E-state index is -4.45. The first-order valence-corrected chi connectivity index (χ1v) is 6.19. The summed E-state index contributed by atoms with van der Waals surface area (Å²) in [7, 11) is 0. The van der Waals surface area contributed by atoms with Gasteiger partial charge in [-0.2, -0.15) is 13.2 Å². The molecule has 1 aromatic rings. The number of rotatable bonds is 2. The highest BCUT2D eigenvalue weighted by Crippen LogP contribution is 2.40. The van der Waals surface area contributed by atoms with Crippen molar-refractivity contribution >= 4 is 11.4 Å². The summed E-state index contributed by atoms with van der Waals surface area (Å²) in [4.78, 5) is 1.63. The first-order valence-electron chi connectivity index (χ1n) is 6.19. The van der Waals surface area contributed by atoms with E-state index in [0.717, 1.165) is 12.5 Å². The van der Waals surface area contributed by atoms with Gasteiger partial charge < -0.3 is 15.7 Å². The monoisotopic (exact) mass is 274 g/mol. The number of halogens is 3. The second-order valence-corrected chi connectivity index (χ2v) is 4.98. The highest BCUT2D eigenvalue weighted by atomic mass is 19.4. The SMILES string of the molecule is CC1CCN(c2ccc(N)cc2C(F)(F)F)C1CO. The summed E-state index contributed by atoms with van der Waals surface area (Å²) < 4.78 is 39.2. The van der Waals surface area contributed by atoms with Crippen LogP contribution >= 0.6 is 0 Å².